The topological polar surface area (TPSA) is 53.5 Å². The van der Waals surface area contributed by atoms with Gasteiger partial charge >= 0.3 is 0 Å². The van der Waals surface area contributed by atoms with E-state index in [0.29, 0.717) is 12.2 Å². The third-order valence-electron chi connectivity index (χ3n) is 5.30. The highest BCUT2D eigenvalue weighted by atomic mass is 19.1. The van der Waals surface area contributed by atoms with Gasteiger partial charge in [0.25, 0.3) is 5.91 Å². The number of aliphatic imine (C=N–C) groups is 1. The molecule has 1 aromatic carbocycles. The monoisotopic (exact) mass is 357 g/mol. The lowest BCUT2D eigenvalue weighted by molar-refractivity contribution is -0.119. The number of carbonyl (C=O) groups is 1. The fourth-order valence-electron chi connectivity index (χ4n) is 3.37. The average Bonchev–Trinajstić information content (AvgIpc) is 3.29. The Labute approximate surface area is 155 Å². The molecule has 1 aliphatic carbocycles. The van der Waals surface area contributed by atoms with Gasteiger partial charge in [-0.1, -0.05) is 39.8 Å². The largest absolute Gasteiger partial charge is 0.343 e. The van der Waals surface area contributed by atoms with E-state index in [9.17, 15) is 9.18 Å². The van der Waals surface area contributed by atoms with Crippen molar-refractivity contribution < 1.29 is 9.18 Å². The van der Waals surface area contributed by atoms with Crippen molar-refractivity contribution in [3.05, 3.63) is 46.9 Å². The van der Waals surface area contributed by atoms with E-state index in [4.69, 9.17) is 0 Å². The van der Waals surface area contributed by atoms with Gasteiger partial charge in [-0.3, -0.25) is 9.79 Å². The van der Waals surface area contributed by atoms with Crippen molar-refractivity contribution in [3.8, 4) is 0 Å². The van der Waals surface area contributed by atoms with Crippen LogP contribution in [-0.2, 0) is 10.2 Å². The quantitative estimate of drug-likeness (QED) is 0.856. The van der Waals surface area contributed by atoms with Crippen LogP contribution >= 0.6 is 0 Å². The molecule has 140 valence electrons. The van der Waals surface area contributed by atoms with Crippen LogP contribution in [0.5, 0.6) is 0 Å². The summed E-state index contributed by atoms with van der Waals surface area (Å²) in [6.07, 6.45) is 3.83. The van der Waals surface area contributed by atoms with Crippen molar-refractivity contribution >= 4 is 11.7 Å². The van der Waals surface area contributed by atoms with Crippen molar-refractivity contribution in [2.75, 3.05) is 6.54 Å². The molecular formula is C21H28FN3O. The molecule has 3 rings (SSSR count). The van der Waals surface area contributed by atoms with E-state index >= 15 is 0 Å². The van der Waals surface area contributed by atoms with Gasteiger partial charge in [0.15, 0.2) is 0 Å². The molecule has 0 radical (unpaired) electrons. The number of rotatable bonds is 4. The lowest BCUT2D eigenvalue weighted by Crippen LogP contribution is -2.41. The molecule has 26 heavy (non-hydrogen) atoms. The molecule has 1 atom stereocenters. The molecule has 4 nitrogen and oxygen atoms in total. The summed E-state index contributed by atoms with van der Waals surface area (Å²) < 4.78 is 14.7. The molecule has 1 fully saturated rings. The molecule has 5 heteroatoms. The number of benzene rings is 1. The fourth-order valence-corrected chi connectivity index (χ4v) is 3.37. The van der Waals surface area contributed by atoms with E-state index < -0.39 is 0 Å². The van der Waals surface area contributed by atoms with E-state index in [0.717, 1.165) is 29.8 Å². The second-order valence-corrected chi connectivity index (χ2v) is 8.74. The van der Waals surface area contributed by atoms with Crippen LogP contribution in [0.4, 0.5) is 4.39 Å². The van der Waals surface area contributed by atoms with Gasteiger partial charge in [-0.25, -0.2) is 4.39 Å². The number of amides is 1. The Kier molecular flexibility index (Phi) is 4.67. The maximum atomic E-state index is 14.7. The third kappa shape index (κ3) is 3.81. The van der Waals surface area contributed by atoms with Gasteiger partial charge in [-0.2, -0.15) is 0 Å². The predicted molar refractivity (Wildman–Crippen MR) is 103 cm³/mol. The summed E-state index contributed by atoms with van der Waals surface area (Å²) in [5.41, 5.74) is 1.79. The summed E-state index contributed by atoms with van der Waals surface area (Å²) >= 11 is 0. The van der Waals surface area contributed by atoms with Gasteiger partial charge in [0.1, 0.15) is 11.5 Å². The lowest BCUT2D eigenvalue weighted by atomic mass is 9.81. The van der Waals surface area contributed by atoms with Crippen LogP contribution in [0.3, 0.4) is 0 Å². The minimum Gasteiger partial charge on any atom is -0.343 e. The van der Waals surface area contributed by atoms with Gasteiger partial charge in [-0.15, -0.1) is 0 Å². The molecule has 1 heterocycles. The van der Waals surface area contributed by atoms with E-state index in [2.05, 4.69) is 22.5 Å². The van der Waals surface area contributed by atoms with Gasteiger partial charge < -0.3 is 10.6 Å². The molecule has 2 N–H and O–H groups in total. The number of halogens is 1. The number of hydrogen-bond acceptors (Lipinski definition) is 3. The molecule has 1 unspecified atom stereocenters. The first-order chi connectivity index (χ1) is 12.1. The van der Waals surface area contributed by atoms with E-state index in [1.54, 1.807) is 12.1 Å². The van der Waals surface area contributed by atoms with Crippen LogP contribution in [0.2, 0.25) is 0 Å². The molecule has 2 aliphatic rings. The number of amidine groups is 1. The first-order valence-corrected chi connectivity index (χ1v) is 9.19. The summed E-state index contributed by atoms with van der Waals surface area (Å²) in [6, 6.07) is 5.13. The zero-order chi connectivity index (χ0) is 19.1. The first kappa shape index (κ1) is 18.6. The van der Waals surface area contributed by atoms with Gasteiger partial charge in [0.05, 0.1) is 18.4 Å². The van der Waals surface area contributed by atoms with Crippen molar-refractivity contribution in [1.82, 2.24) is 10.6 Å². The summed E-state index contributed by atoms with van der Waals surface area (Å²) in [4.78, 5) is 16.9. The average molecular weight is 357 g/mol. The van der Waals surface area contributed by atoms with Crippen molar-refractivity contribution in [1.29, 1.82) is 0 Å². The van der Waals surface area contributed by atoms with Crippen LogP contribution < -0.4 is 10.6 Å². The molecule has 1 aromatic rings. The number of nitrogens with zero attached hydrogens (tertiary/aromatic N) is 1. The van der Waals surface area contributed by atoms with Crippen molar-refractivity contribution in [2.24, 2.45) is 10.4 Å². The van der Waals surface area contributed by atoms with E-state index in [1.807, 2.05) is 39.8 Å². The van der Waals surface area contributed by atoms with E-state index in [-0.39, 0.29) is 28.6 Å². The maximum Gasteiger partial charge on any atom is 0.267 e. The van der Waals surface area contributed by atoms with Crippen LogP contribution in [0.25, 0.3) is 0 Å². The Balaban J connectivity index is 1.84. The Morgan fingerprint density at radius 2 is 2.04 bits per heavy atom. The Morgan fingerprint density at radius 3 is 2.58 bits per heavy atom. The van der Waals surface area contributed by atoms with Crippen LogP contribution in [0, 0.1) is 11.2 Å². The van der Waals surface area contributed by atoms with Gasteiger partial charge in [0, 0.05) is 0 Å². The molecule has 0 bridgehead atoms. The van der Waals surface area contributed by atoms with Gasteiger partial charge in [-0.05, 0) is 53.9 Å². The standard InChI is InChI=1S/C21H28FN3O/c1-13-23-11-8-17(24-13)19(26)25-18(20(2,3)4)14-6-7-15(16(22)12-14)21(5)9-10-21/h6-8,12,18H,9-11H2,1-5H3,(H,23,24)(H,25,26). The lowest BCUT2D eigenvalue weighted by Gasteiger charge is -2.33. The van der Waals surface area contributed by atoms with E-state index in [1.165, 1.54) is 0 Å². The highest BCUT2D eigenvalue weighted by Gasteiger charge is 2.41. The van der Waals surface area contributed by atoms with Crippen LogP contribution in [0.1, 0.15) is 64.6 Å². The highest BCUT2D eigenvalue weighted by molar-refractivity contribution is 5.99. The molecule has 1 aliphatic heterocycles. The maximum absolute atomic E-state index is 14.7. The Bertz CT molecular complexity index is 785. The summed E-state index contributed by atoms with van der Waals surface area (Å²) in [5, 5.41) is 6.07. The van der Waals surface area contributed by atoms with Crippen molar-refractivity contribution in [3.63, 3.8) is 0 Å². The summed E-state index contributed by atoms with van der Waals surface area (Å²) in [6.45, 7) is 10.5. The Morgan fingerprint density at radius 1 is 1.35 bits per heavy atom. The molecular weight excluding hydrogens is 329 g/mol. The summed E-state index contributed by atoms with van der Waals surface area (Å²) in [7, 11) is 0. The highest BCUT2D eigenvalue weighted by Crippen LogP contribution is 2.49. The second kappa shape index (κ2) is 6.53. The SMILES string of the molecule is CC1=NCC=C(C(=O)NC(c2ccc(C3(C)CC3)c(F)c2)C(C)(C)C)N1. The smallest absolute Gasteiger partial charge is 0.267 e. The first-order valence-electron chi connectivity index (χ1n) is 9.19. The molecule has 0 aromatic heterocycles. The Hall–Kier alpha value is -2.17. The van der Waals surface area contributed by atoms with Gasteiger partial charge in [0.2, 0.25) is 0 Å². The molecule has 1 amide bonds. The number of carbonyl (C=O) groups excluding carboxylic acids is 1. The fraction of sp³-hybridized carbons (Fsp3) is 0.524. The zero-order valence-corrected chi connectivity index (χ0v) is 16.2. The number of nitrogens with one attached hydrogen (secondary N) is 2. The van der Waals surface area contributed by atoms with Crippen LogP contribution in [-0.4, -0.2) is 18.3 Å². The summed E-state index contributed by atoms with van der Waals surface area (Å²) in [5.74, 6) is 0.347. The molecule has 1 saturated carbocycles. The third-order valence-corrected chi connectivity index (χ3v) is 5.30. The molecule has 0 spiro atoms. The van der Waals surface area contributed by atoms with Crippen LogP contribution in [0.15, 0.2) is 35.0 Å². The van der Waals surface area contributed by atoms with Crippen molar-refractivity contribution in [2.45, 2.75) is 58.9 Å². The number of hydrogen-bond donors (Lipinski definition) is 2. The minimum absolute atomic E-state index is 0.0171. The minimum atomic E-state index is -0.299. The predicted octanol–water partition coefficient (Wildman–Crippen LogP) is 3.99. The second-order valence-electron chi connectivity index (χ2n) is 8.74. The zero-order valence-electron chi connectivity index (χ0n) is 16.2. The normalized spacial score (nSPS) is 19.8. The molecule has 0 saturated heterocycles.